The van der Waals surface area contributed by atoms with E-state index in [1.807, 2.05) is 36.4 Å². The minimum Gasteiger partial charge on any atom is -0.435 e. The zero-order chi connectivity index (χ0) is 23.1. The second-order valence-electron chi connectivity index (χ2n) is 8.52. The van der Waals surface area contributed by atoms with Crippen LogP contribution in [-0.2, 0) is 6.54 Å². The molecule has 3 aromatic carbocycles. The van der Waals surface area contributed by atoms with Crippen LogP contribution in [0.2, 0.25) is 0 Å². The van der Waals surface area contributed by atoms with Gasteiger partial charge in [0.2, 0.25) is 0 Å². The average molecular weight is 460 g/mol. The Morgan fingerprint density at radius 1 is 0.882 bits per heavy atom. The number of halogens is 2. The molecule has 0 radical (unpaired) electrons. The van der Waals surface area contributed by atoms with Crippen LogP contribution in [0.5, 0.6) is 5.75 Å². The number of rotatable bonds is 6. The Morgan fingerprint density at radius 3 is 2.53 bits per heavy atom. The van der Waals surface area contributed by atoms with E-state index in [4.69, 9.17) is 4.98 Å². The van der Waals surface area contributed by atoms with Gasteiger partial charge in [0.25, 0.3) is 0 Å². The van der Waals surface area contributed by atoms with Crippen molar-refractivity contribution in [3.63, 3.8) is 0 Å². The third-order valence-corrected chi connectivity index (χ3v) is 6.24. The van der Waals surface area contributed by atoms with Crippen LogP contribution in [0.15, 0.2) is 54.6 Å². The van der Waals surface area contributed by atoms with Crippen molar-refractivity contribution in [2.45, 2.75) is 26.0 Å². The molecule has 1 aliphatic rings. The summed E-state index contributed by atoms with van der Waals surface area (Å²) in [6.07, 6.45) is 2.47. The van der Waals surface area contributed by atoms with Gasteiger partial charge in [-0.2, -0.15) is 19.0 Å². The molecule has 0 spiro atoms. The number of ether oxygens (including phenoxy) is 1. The van der Waals surface area contributed by atoms with Crippen LogP contribution in [0.1, 0.15) is 18.7 Å². The number of likely N-dealkylation sites (tertiary alicyclic amines) is 1. The molecule has 9 heteroatoms. The third kappa shape index (κ3) is 3.99. The van der Waals surface area contributed by atoms with Crippen LogP contribution in [0.4, 0.5) is 8.78 Å². The molecule has 172 valence electrons. The number of alkyl halides is 2. The lowest BCUT2D eigenvalue weighted by Crippen LogP contribution is -2.19. The Bertz CT molecular complexity index is 1470. The van der Waals surface area contributed by atoms with Gasteiger partial charge in [-0.05, 0) is 73.1 Å². The Hall–Kier alpha value is -3.85. The van der Waals surface area contributed by atoms with E-state index < -0.39 is 6.61 Å². The molecule has 2 N–H and O–H groups in total. The van der Waals surface area contributed by atoms with Gasteiger partial charge in [0, 0.05) is 16.5 Å². The zero-order valence-corrected chi connectivity index (χ0v) is 18.3. The van der Waals surface area contributed by atoms with Gasteiger partial charge in [-0.3, -0.25) is 15.1 Å². The SMILES string of the molecule is FC(F)Oc1ccc2cc(-c3n[nH]c4ccc(-c5n[nH]c(CN6CCCC6)n5)cc34)ccc2c1. The molecule has 7 nitrogen and oxygen atoms in total. The number of hydrogen-bond acceptors (Lipinski definition) is 5. The standard InChI is InChI=1S/C25H22F2N6O/c26-25(27)34-19-7-5-15-11-17(4-3-16(15)12-19)23-20-13-18(6-8-21(20)29-31-23)24-28-22(30-32-24)14-33-9-1-2-10-33/h3-8,11-13,25H,1-2,9-10,14H2,(H,29,31)(H,28,30,32). The van der Waals surface area contributed by atoms with Crippen molar-refractivity contribution in [2.24, 2.45) is 0 Å². The molecule has 0 unspecified atom stereocenters. The van der Waals surface area contributed by atoms with Crippen molar-refractivity contribution < 1.29 is 13.5 Å². The second-order valence-corrected chi connectivity index (χ2v) is 8.52. The predicted octanol–water partition coefficient (Wildman–Crippen LogP) is 5.37. The molecule has 5 aromatic rings. The topological polar surface area (TPSA) is 82.7 Å². The van der Waals surface area contributed by atoms with Crippen molar-refractivity contribution in [3.05, 3.63) is 60.4 Å². The zero-order valence-electron chi connectivity index (χ0n) is 18.3. The van der Waals surface area contributed by atoms with Crippen molar-refractivity contribution in [1.82, 2.24) is 30.3 Å². The molecule has 34 heavy (non-hydrogen) atoms. The molecule has 1 saturated heterocycles. The van der Waals surface area contributed by atoms with Crippen LogP contribution in [0.3, 0.4) is 0 Å². The molecular weight excluding hydrogens is 438 g/mol. The maximum Gasteiger partial charge on any atom is 0.387 e. The fourth-order valence-electron chi connectivity index (χ4n) is 4.57. The number of nitrogens with zero attached hydrogens (tertiary/aromatic N) is 4. The highest BCUT2D eigenvalue weighted by atomic mass is 19.3. The van der Waals surface area contributed by atoms with Crippen molar-refractivity contribution in [3.8, 4) is 28.4 Å². The molecule has 0 amide bonds. The summed E-state index contributed by atoms with van der Waals surface area (Å²) in [5.41, 5.74) is 3.55. The fraction of sp³-hybridized carbons (Fsp3) is 0.240. The highest BCUT2D eigenvalue weighted by Gasteiger charge is 2.16. The van der Waals surface area contributed by atoms with Gasteiger partial charge in [-0.1, -0.05) is 18.2 Å². The molecule has 0 saturated carbocycles. The van der Waals surface area contributed by atoms with E-state index in [1.165, 1.54) is 12.8 Å². The third-order valence-electron chi connectivity index (χ3n) is 6.24. The van der Waals surface area contributed by atoms with Crippen LogP contribution >= 0.6 is 0 Å². The summed E-state index contributed by atoms with van der Waals surface area (Å²) >= 11 is 0. The lowest BCUT2D eigenvalue weighted by molar-refractivity contribution is -0.0497. The largest absolute Gasteiger partial charge is 0.435 e. The van der Waals surface area contributed by atoms with E-state index in [0.717, 1.165) is 64.0 Å². The normalized spacial score (nSPS) is 14.6. The summed E-state index contributed by atoms with van der Waals surface area (Å²) in [4.78, 5) is 7.08. The molecule has 1 aliphatic heterocycles. The van der Waals surface area contributed by atoms with Gasteiger partial charge >= 0.3 is 6.61 Å². The first-order valence-corrected chi connectivity index (χ1v) is 11.2. The quantitative estimate of drug-likeness (QED) is 0.356. The molecular formula is C25H22F2N6O. The van der Waals surface area contributed by atoms with E-state index in [0.29, 0.717) is 5.82 Å². The van der Waals surface area contributed by atoms with E-state index >= 15 is 0 Å². The minimum atomic E-state index is -2.85. The first kappa shape index (κ1) is 20.7. The molecule has 0 bridgehead atoms. The lowest BCUT2D eigenvalue weighted by atomic mass is 10.0. The predicted molar refractivity (Wildman–Crippen MR) is 126 cm³/mol. The summed E-state index contributed by atoms with van der Waals surface area (Å²) < 4.78 is 29.5. The Balaban J connectivity index is 1.32. The van der Waals surface area contributed by atoms with Gasteiger partial charge in [0.15, 0.2) is 5.82 Å². The Kier molecular flexibility index (Phi) is 5.18. The van der Waals surface area contributed by atoms with Gasteiger partial charge < -0.3 is 4.74 Å². The maximum atomic E-state index is 12.5. The van der Waals surface area contributed by atoms with E-state index in [-0.39, 0.29) is 5.75 Å². The van der Waals surface area contributed by atoms with Gasteiger partial charge in [-0.15, -0.1) is 0 Å². The van der Waals surface area contributed by atoms with Crippen molar-refractivity contribution in [2.75, 3.05) is 13.1 Å². The summed E-state index contributed by atoms with van der Waals surface area (Å²) in [5.74, 6) is 1.67. The number of fused-ring (bicyclic) bond motifs is 2. The fourth-order valence-corrected chi connectivity index (χ4v) is 4.57. The van der Waals surface area contributed by atoms with E-state index in [2.05, 4.69) is 30.0 Å². The summed E-state index contributed by atoms with van der Waals surface area (Å²) in [6, 6.07) is 16.7. The van der Waals surface area contributed by atoms with Crippen LogP contribution in [-0.4, -0.2) is 50.0 Å². The number of benzene rings is 3. The molecule has 1 fully saturated rings. The van der Waals surface area contributed by atoms with Gasteiger partial charge in [0.05, 0.1) is 17.8 Å². The summed E-state index contributed by atoms with van der Waals surface area (Å²) in [5, 5.41) is 17.8. The molecule has 6 rings (SSSR count). The van der Waals surface area contributed by atoms with Crippen LogP contribution < -0.4 is 4.74 Å². The first-order chi connectivity index (χ1) is 16.6. The van der Waals surface area contributed by atoms with Gasteiger partial charge in [-0.25, -0.2) is 4.98 Å². The number of H-pyrrole nitrogens is 2. The number of nitrogens with one attached hydrogen (secondary N) is 2. The monoisotopic (exact) mass is 460 g/mol. The average Bonchev–Trinajstić information content (AvgIpc) is 3.59. The highest BCUT2D eigenvalue weighted by molar-refractivity contribution is 5.97. The second kappa shape index (κ2) is 8.49. The van der Waals surface area contributed by atoms with Crippen LogP contribution in [0, 0.1) is 0 Å². The number of hydrogen-bond donors (Lipinski definition) is 2. The molecule has 2 aromatic heterocycles. The number of aromatic nitrogens is 5. The molecule has 0 aliphatic carbocycles. The van der Waals surface area contributed by atoms with Crippen molar-refractivity contribution >= 4 is 21.7 Å². The van der Waals surface area contributed by atoms with Gasteiger partial charge in [0.1, 0.15) is 11.6 Å². The Labute approximate surface area is 193 Å². The van der Waals surface area contributed by atoms with Crippen molar-refractivity contribution in [1.29, 1.82) is 0 Å². The summed E-state index contributed by atoms with van der Waals surface area (Å²) in [7, 11) is 0. The lowest BCUT2D eigenvalue weighted by Gasteiger charge is -2.11. The summed E-state index contributed by atoms with van der Waals surface area (Å²) in [6.45, 7) is 0.147. The minimum absolute atomic E-state index is 0.140. The Morgan fingerprint density at radius 2 is 1.68 bits per heavy atom. The smallest absolute Gasteiger partial charge is 0.387 e. The molecule has 3 heterocycles. The first-order valence-electron chi connectivity index (χ1n) is 11.2. The highest BCUT2D eigenvalue weighted by Crippen LogP contribution is 2.32. The van der Waals surface area contributed by atoms with E-state index in [1.54, 1.807) is 18.2 Å². The maximum absolute atomic E-state index is 12.5. The number of aromatic amines is 2. The van der Waals surface area contributed by atoms with Crippen LogP contribution in [0.25, 0.3) is 44.3 Å². The van der Waals surface area contributed by atoms with E-state index in [9.17, 15) is 8.78 Å². The molecule has 0 atom stereocenters.